The molecule has 0 aromatic rings. The smallest absolute Gasteiger partial charge is 0.302 e. The highest BCUT2D eigenvalue weighted by atomic mass is 16.5. The zero-order valence-electron chi connectivity index (χ0n) is 13.1. The molecule has 3 nitrogen and oxygen atoms in total. The number of hydrogen-bond donors (Lipinski definition) is 0. The summed E-state index contributed by atoms with van der Waals surface area (Å²) in [5.74, 6) is 0.657. The average molecular weight is 278 g/mol. The monoisotopic (exact) mass is 278 g/mol. The van der Waals surface area contributed by atoms with Crippen molar-refractivity contribution in [1.82, 2.24) is 0 Å². The molecule has 0 aliphatic heterocycles. The van der Waals surface area contributed by atoms with Gasteiger partial charge in [-0.25, -0.2) is 0 Å². The summed E-state index contributed by atoms with van der Waals surface area (Å²) in [5, 5.41) is 0. The van der Waals surface area contributed by atoms with Crippen LogP contribution in [-0.4, -0.2) is 18.4 Å². The number of ether oxygens (including phenoxy) is 1. The molecule has 2 aliphatic carbocycles. The van der Waals surface area contributed by atoms with Crippen molar-refractivity contribution in [1.29, 1.82) is 0 Å². The van der Waals surface area contributed by atoms with Crippen LogP contribution in [0.15, 0.2) is 11.6 Å². The Labute approximate surface area is 121 Å². The van der Waals surface area contributed by atoms with E-state index in [1.54, 1.807) is 0 Å². The van der Waals surface area contributed by atoms with E-state index in [2.05, 4.69) is 19.9 Å². The Morgan fingerprint density at radius 2 is 2.20 bits per heavy atom. The lowest BCUT2D eigenvalue weighted by Crippen LogP contribution is -2.48. The van der Waals surface area contributed by atoms with E-state index >= 15 is 0 Å². The Morgan fingerprint density at radius 3 is 2.85 bits per heavy atom. The Bertz CT molecular complexity index is 438. The quantitative estimate of drug-likeness (QED) is 0.586. The van der Waals surface area contributed by atoms with Crippen LogP contribution in [0.25, 0.3) is 0 Å². The van der Waals surface area contributed by atoms with E-state index in [-0.39, 0.29) is 23.2 Å². The zero-order chi connectivity index (χ0) is 14.9. The van der Waals surface area contributed by atoms with Crippen LogP contribution in [-0.2, 0) is 14.3 Å². The van der Waals surface area contributed by atoms with Crippen LogP contribution in [0.3, 0.4) is 0 Å². The van der Waals surface area contributed by atoms with Crippen molar-refractivity contribution in [3.8, 4) is 0 Å². The third-order valence-electron chi connectivity index (χ3n) is 5.46. The summed E-state index contributed by atoms with van der Waals surface area (Å²) in [6.07, 6.45) is 6.17. The molecule has 0 amide bonds. The van der Waals surface area contributed by atoms with Crippen molar-refractivity contribution in [3.63, 3.8) is 0 Å². The summed E-state index contributed by atoms with van der Waals surface area (Å²) in [6, 6.07) is 0. The fourth-order valence-corrected chi connectivity index (χ4v) is 4.22. The molecule has 2 rings (SSSR count). The highest BCUT2D eigenvalue weighted by molar-refractivity contribution is 5.84. The minimum absolute atomic E-state index is 0.0165. The Hall–Kier alpha value is -1.12. The molecule has 0 unspecified atom stereocenters. The largest absolute Gasteiger partial charge is 0.466 e. The van der Waals surface area contributed by atoms with Gasteiger partial charge in [0, 0.05) is 30.6 Å². The maximum atomic E-state index is 12.5. The molecule has 0 N–H and O–H groups in total. The lowest BCUT2D eigenvalue weighted by atomic mass is 9.53. The number of Topliss-reactive ketones (excluding diaryl/α,β-unsaturated/α-hetero) is 1. The van der Waals surface area contributed by atoms with Crippen LogP contribution in [0, 0.1) is 23.2 Å². The van der Waals surface area contributed by atoms with E-state index in [1.165, 1.54) is 12.5 Å². The van der Waals surface area contributed by atoms with Crippen molar-refractivity contribution in [2.24, 2.45) is 23.2 Å². The van der Waals surface area contributed by atoms with Gasteiger partial charge in [-0.1, -0.05) is 32.4 Å². The number of hydrogen-bond acceptors (Lipinski definition) is 3. The van der Waals surface area contributed by atoms with Crippen LogP contribution < -0.4 is 0 Å². The van der Waals surface area contributed by atoms with Crippen LogP contribution >= 0.6 is 0 Å². The number of rotatable bonds is 3. The van der Waals surface area contributed by atoms with Gasteiger partial charge in [0.05, 0.1) is 6.61 Å². The first kappa shape index (κ1) is 15.3. The van der Waals surface area contributed by atoms with Crippen molar-refractivity contribution >= 4 is 11.8 Å². The molecule has 0 radical (unpaired) electrons. The van der Waals surface area contributed by atoms with Crippen molar-refractivity contribution < 1.29 is 14.3 Å². The second kappa shape index (κ2) is 5.71. The van der Waals surface area contributed by atoms with Gasteiger partial charge in [0.1, 0.15) is 5.78 Å². The summed E-state index contributed by atoms with van der Waals surface area (Å²) < 4.78 is 5.15. The van der Waals surface area contributed by atoms with Gasteiger partial charge in [-0.3, -0.25) is 9.59 Å². The SMILES string of the molecule is CC(=O)OC[C@H](C)[C@H]1C(=O)CCC2=CCC[C@H](C)[C@]21C. The van der Waals surface area contributed by atoms with Crippen molar-refractivity contribution in [2.45, 2.75) is 53.4 Å². The molecule has 1 fully saturated rings. The number of ketones is 1. The highest BCUT2D eigenvalue weighted by Crippen LogP contribution is 2.54. The van der Waals surface area contributed by atoms with E-state index in [9.17, 15) is 9.59 Å². The van der Waals surface area contributed by atoms with Crippen LogP contribution in [0.2, 0.25) is 0 Å². The van der Waals surface area contributed by atoms with Crippen LogP contribution in [0.5, 0.6) is 0 Å². The standard InChI is InChI=1S/C17H26O3/c1-11(10-20-13(3)18)16-15(19)9-8-14-7-5-6-12(2)17(14,16)4/h7,11-12,16H,5-6,8-10H2,1-4H3/t11-,12-,16-,17+/m0/s1. The van der Waals surface area contributed by atoms with E-state index in [1.807, 2.05) is 6.92 Å². The molecule has 3 heteroatoms. The van der Waals surface area contributed by atoms with E-state index < -0.39 is 0 Å². The maximum absolute atomic E-state index is 12.5. The third kappa shape index (κ3) is 2.55. The predicted molar refractivity (Wildman–Crippen MR) is 78.1 cm³/mol. The molecule has 20 heavy (non-hydrogen) atoms. The van der Waals surface area contributed by atoms with Gasteiger partial charge in [0.15, 0.2) is 0 Å². The third-order valence-corrected chi connectivity index (χ3v) is 5.46. The Balaban J connectivity index is 2.27. The summed E-state index contributed by atoms with van der Waals surface area (Å²) in [6.45, 7) is 8.32. The summed E-state index contributed by atoms with van der Waals surface area (Å²) in [7, 11) is 0. The zero-order valence-corrected chi connectivity index (χ0v) is 13.1. The number of carbonyl (C=O) groups is 2. The van der Waals surface area contributed by atoms with Crippen molar-refractivity contribution in [2.75, 3.05) is 6.61 Å². The summed E-state index contributed by atoms with van der Waals surface area (Å²) >= 11 is 0. The molecular weight excluding hydrogens is 252 g/mol. The van der Waals surface area contributed by atoms with E-state index in [0.29, 0.717) is 24.7 Å². The first-order chi connectivity index (χ1) is 9.37. The molecule has 0 heterocycles. The second-order valence-corrected chi connectivity index (χ2v) is 6.71. The summed E-state index contributed by atoms with van der Waals surface area (Å²) in [5.41, 5.74) is 1.41. The molecule has 0 aromatic carbocycles. The van der Waals surface area contributed by atoms with Gasteiger partial charge in [-0.15, -0.1) is 0 Å². The Morgan fingerprint density at radius 1 is 1.50 bits per heavy atom. The second-order valence-electron chi connectivity index (χ2n) is 6.71. The molecule has 1 saturated carbocycles. The van der Waals surface area contributed by atoms with Gasteiger partial charge in [0.2, 0.25) is 0 Å². The van der Waals surface area contributed by atoms with E-state index in [0.717, 1.165) is 19.3 Å². The van der Waals surface area contributed by atoms with Gasteiger partial charge in [0.25, 0.3) is 0 Å². The average Bonchev–Trinajstić information content (AvgIpc) is 2.38. The summed E-state index contributed by atoms with van der Waals surface area (Å²) in [4.78, 5) is 23.5. The number of esters is 1. The topological polar surface area (TPSA) is 43.4 Å². The number of fused-ring (bicyclic) bond motifs is 1. The van der Waals surface area contributed by atoms with E-state index in [4.69, 9.17) is 4.74 Å². The molecular formula is C17H26O3. The maximum Gasteiger partial charge on any atom is 0.302 e. The first-order valence-corrected chi connectivity index (χ1v) is 7.73. The first-order valence-electron chi connectivity index (χ1n) is 7.73. The minimum Gasteiger partial charge on any atom is -0.466 e. The molecule has 0 saturated heterocycles. The fourth-order valence-electron chi connectivity index (χ4n) is 4.22. The highest BCUT2D eigenvalue weighted by Gasteiger charge is 2.51. The lowest BCUT2D eigenvalue weighted by molar-refractivity contribution is -0.146. The van der Waals surface area contributed by atoms with Crippen LogP contribution in [0.4, 0.5) is 0 Å². The number of carbonyl (C=O) groups excluding carboxylic acids is 2. The van der Waals surface area contributed by atoms with Crippen molar-refractivity contribution in [3.05, 3.63) is 11.6 Å². The molecule has 4 atom stereocenters. The Kier molecular flexibility index (Phi) is 4.36. The van der Waals surface area contributed by atoms with Gasteiger partial charge in [-0.05, 0) is 25.2 Å². The minimum atomic E-state index is -0.266. The molecule has 0 spiro atoms. The van der Waals surface area contributed by atoms with Gasteiger partial charge >= 0.3 is 5.97 Å². The number of allylic oxidation sites excluding steroid dienone is 2. The lowest BCUT2D eigenvalue weighted by Gasteiger charge is -2.51. The molecule has 0 bridgehead atoms. The predicted octanol–water partition coefficient (Wildman–Crippen LogP) is 3.53. The van der Waals surface area contributed by atoms with Gasteiger partial charge in [-0.2, -0.15) is 0 Å². The van der Waals surface area contributed by atoms with Crippen LogP contribution in [0.1, 0.15) is 53.4 Å². The molecule has 2 aliphatic rings. The fraction of sp³-hybridized carbons (Fsp3) is 0.765. The van der Waals surface area contributed by atoms with Gasteiger partial charge < -0.3 is 4.74 Å². The normalized spacial score (nSPS) is 35.0. The molecule has 0 aromatic heterocycles. The molecule has 112 valence electrons.